The number of nitrogens with zero attached hydrogens (tertiary/aromatic N) is 2. The van der Waals surface area contributed by atoms with Crippen molar-refractivity contribution in [1.29, 1.82) is 0 Å². The van der Waals surface area contributed by atoms with Gasteiger partial charge in [0.25, 0.3) is 0 Å². The molecule has 2 aliphatic rings. The number of fused-ring (bicyclic) bond motifs is 2. The number of amides is 1. The number of rotatable bonds is 1. The molecule has 1 fully saturated rings. The van der Waals surface area contributed by atoms with E-state index in [9.17, 15) is 4.79 Å². The van der Waals surface area contributed by atoms with Gasteiger partial charge in [-0.05, 0) is 57.7 Å². The Hall–Kier alpha value is -1.84. The van der Waals surface area contributed by atoms with E-state index in [2.05, 4.69) is 11.1 Å². The van der Waals surface area contributed by atoms with Crippen molar-refractivity contribution in [2.24, 2.45) is 0 Å². The van der Waals surface area contributed by atoms with Gasteiger partial charge >= 0.3 is 6.09 Å². The van der Waals surface area contributed by atoms with Gasteiger partial charge in [0, 0.05) is 12.2 Å². The van der Waals surface area contributed by atoms with Crippen LogP contribution < -0.4 is 0 Å². The first-order valence-corrected chi connectivity index (χ1v) is 7.57. The molecule has 1 aromatic rings. The molecule has 0 aromatic carbocycles. The number of hydrogen-bond donors (Lipinski definition) is 0. The zero-order valence-corrected chi connectivity index (χ0v) is 12.9. The van der Waals surface area contributed by atoms with Crippen LogP contribution in [0, 0.1) is 0 Å². The molecule has 2 aliphatic heterocycles. The van der Waals surface area contributed by atoms with Crippen LogP contribution in [-0.4, -0.2) is 33.7 Å². The van der Waals surface area contributed by atoms with Crippen LogP contribution in [0.4, 0.5) is 4.79 Å². The van der Waals surface area contributed by atoms with Crippen molar-refractivity contribution in [3.63, 3.8) is 0 Å². The number of pyridine rings is 1. The summed E-state index contributed by atoms with van der Waals surface area (Å²) in [5, 5.41) is 0. The van der Waals surface area contributed by atoms with Gasteiger partial charge in [-0.1, -0.05) is 12.1 Å². The predicted molar refractivity (Wildman–Crippen MR) is 81.7 cm³/mol. The molecule has 1 saturated heterocycles. The van der Waals surface area contributed by atoms with Crippen LogP contribution in [0.3, 0.4) is 0 Å². The van der Waals surface area contributed by atoms with E-state index in [1.165, 1.54) is 5.57 Å². The Morgan fingerprint density at radius 1 is 1.33 bits per heavy atom. The Labute approximate surface area is 125 Å². The zero-order valence-electron chi connectivity index (χ0n) is 12.9. The second kappa shape index (κ2) is 5.17. The minimum Gasteiger partial charge on any atom is -0.444 e. The molecular weight excluding hydrogens is 264 g/mol. The lowest BCUT2D eigenvalue weighted by Gasteiger charge is -2.35. The summed E-state index contributed by atoms with van der Waals surface area (Å²) in [6.45, 7) is 5.73. The molecule has 0 saturated carbocycles. The number of carbonyl (C=O) groups is 1. The molecule has 3 heterocycles. The standard InChI is InChI=1S/C17H22N2O2/c1-17(2,3)21-16(20)19-13-7-8-14(19)11-12(10-13)15-6-4-5-9-18-15/h4-6,9-10,13-14H,7-8,11H2,1-3H3. The van der Waals surface area contributed by atoms with E-state index in [0.717, 1.165) is 25.0 Å². The second-order valence-electron chi connectivity index (χ2n) is 6.80. The zero-order chi connectivity index (χ0) is 15.0. The van der Waals surface area contributed by atoms with Gasteiger partial charge in [0.1, 0.15) is 5.60 Å². The molecule has 112 valence electrons. The maximum atomic E-state index is 12.4. The predicted octanol–water partition coefficient (Wildman–Crippen LogP) is 3.64. The highest BCUT2D eigenvalue weighted by Crippen LogP contribution is 2.38. The highest BCUT2D eigenvalue weighted by molar-refractivity contribution is 5.74. The lowest BCUT2D eigenvalue weighted by atomic mass is 9.98. The smallest absolute Gasteiger partial charge is 0.411 e. The van der Waals surface area contributed by atoms with Crippen LogP contribution in [-0.2, 0) is 4.74 Å². The molecule has 1 aromatic heterocycles. The molecule has 3 rings (SSSR count). The Morgan fingerprint density at radius 2 is 2.14 bits per heavy atom. The van der Waals surface area contributed by atoms with Gasteiger partial charge in [-0.25, -0.2) is 4.79 Å². The Kier molecular flexibility index (Phi) is 3.47. The van der Waals surface area contributed by atoms with Crippen LogP contribution in [0.1, 0.15) is 45.7 Å². The summed E-state index contributed by atoms with van der Waals surface area (Å²) in [6, 6.07) is 6.36. The Morgan fingerprint density at radius 3 is 2.76 bits per heavy atom. The van der Waals surface area contributed by atoms with Crippen molar-refractivity contribution in [3.8, 4) is 0 Å². The van der Waals surface area contributed by atoms with Gasteiger partial charge in [-0.2, -0.15) is 0 Å². The summed E-state index contributed by atoms with van der Waals surface area (Å²) >= 11 is 0. The van der Waals surface area contributed by atoms with E-state index < -0.39 is 5.60 Å². The first-order valence-electron chi connectivity index (χ1n) is 7.57. The van der Waals surface area contributed by atoms with Crippen LogP contribution >= 0.6 is 0 Å². The third-order valence-electron chi connectivity index (χ3n) is 3.99. The lowest BCUT2D eigenvalue weighted by molar-refractivity contribution is 0.0175. The quantitative estimate of drug-likeness (QED) is 0.791. The van der Waals surface area contributed by atoms with Gasteiger partial charge in [-0.15, -0.1) is 0 Å². The van der Waals surface area contributed by atoms with E-state index in [0.29, 0.717) is 0 Å². The van der Waals surface area contributed by atoms with Crippen molar-refractivity contribution < 1.29 is 9.53 Å². The van der Waals surface area contributed by atoms with Gasteiger partial charge in [0.05, 0.1) is 11.7 Å². The van der Waals surface area contributed by atoms with E-state index >= 15 is 0 Å². The largest absolute Gasteiger partial charge is 0.444 e. The maximum absolute atomic E-state index is 12.4. The van der Waals surface area contributed by atoms with E-state index in [1.807, 2.05) is 50.1 Å². The first-order chi connectivity index (χ1) is 9.94. The Bertz CT molecular complexity index is 560. The molecule has 0 spiro atoms. The molecule has 2 bridgehead atoms. The molecule has 21 heavy (non-hydrogen) atoms. The second-order valence-corrected chi connectivity index (χ2v) is 6.80. The van der Waals surface area contributed by atoms with Crippen molar-refractivity contribution in [2.75, 3.05) is 0 Å². The van der Waals surface area contributed by atoms with Gasteiger partial charge in [-0.3, -0.25) is 9.88 Å². The molecule has 0 radical (unpaired) electrons. The van der Waals surface area contributed by atoms with Gasteiger partial charge in [0.15, 0.2) is 0 Å². The van der Waals surface area contributed by atoms with Crippen molar-refractivity contribution in [2.45, 2.75) is 57.7 Å². The normalized spacial score (nSPS) is 24.7. The lowest BCUT2D eigenvalue weighted by Crippen LogP contribution is -2.45. The maximum Gasteiger partial charge on any atom is 0.411 e. The van der Waals surface area contributed by atoms with E-state index in [-0.39, 0.29) is 18.2 Å². The SMILES string of the molecule is CC(C)(C)OC(=O)N1C2C=C(c3ccccn3)CC1CC2. The molecule has 0 N–H and O–H groups in total. The average molecular weight is 286 g/mol. The van der Waals surface area contributed by atoms with E-state index in [1.54, 1.807) is 0 Å². The molecule has 2 atom stereocenters. The minimum absolute atomic E-state index is 0.149. The first kappa shape index (κ1) is 14.1. The molecule has 0 aliphatic carbocycles. The third kappa shape index (κ3) is 2.94. The number of carbonyl (C=O) groups excluding carboxylic acids is 1. The summed E-state index contributed by atoms with van der Waals surface area (Å²) in [6.07, 6.45) is 6.74. The summed E-state index contributed by atoms with van der Waals surface area (Å²) in [4.78, 5) is 18.7. The molecule has 4 nitrogen and oxygen atoms in total. The fourth-order valence-corrected chi connectivity index (χ4v) is 3.17. The average Bonchev–Trinajstić information content (AvgIpc) is 2.69. The highest BCUT2D eigenvalue weighted by atomic mass is 16.6. The topological polar surface area (TPSA) is 42.4 Å². The fraction of sp³-hybridized carbons (Fsp3) is 0.529. The highest BCUT2D eigenvalue weighted by Gasteiger charge is 2.41. The van der Waals surface area contributed by atoms with Crippen LogP contribution in [0.2, 0.25) is 0 Å². The molecule has 2 unspecified atom stereocenters. The minimum atomic E-state index is -0.443. The third-order valence-corrected chi connectivity index (χ3v) is 3.99. The van der Waals surface area contributed by atoms with Crippen molar-refractivity contribution in [1.82, 2.24) is 9.88 Å². The van der Waals surface area contributed by atoms with Crippen molar-refractivity contribution in [3.05, 3.63) is 36.2 Å². The number of ether oxygens (including phenoxy) is 1. The number of hydrogen-bond acceptors (Lipinski definition) is 3. The van der Waals surface area contributed by atoms with Crippen molar-refractivity contribution >= 4 is 11.7 Å². The van der Waals surface area contributed by atoms with Crippen LogP contribution in [0.15, 0.2) is 30.5 Å². The number of aromatic nitrogens is 1. The van der Waals surface area contributed by atoms with Gasteiger partial charge in [0.2, 0.25) is 0 Å². The summed E-state index contributed by atoms with van der Waals surface area (Å²) in [7, 11) is 0. The Balaban J connectivity index is 1.80. The summed E-state index contributed by atoms with van der Waals surface area (Å²) < 4.78 is 5.54. The summed E-state index contributed by atoms with van der Waals surface area (Å²) in [5.74, 6) is 0. The summed E-state index contributed by atoms with van der Waals surface area (Å²) in [5.41, 5.74) is 1.84. The van der Waals surface area contributed by atoms with Crippen LogP contribution in [0.25, 0.3) is 5.57 Å². The molecule has 4 heteroatoms. The molecular formula is C17H22N2O2. The van der Waals surface area contributed by atoms with E-state index in [4.69, 9.17) is 4.74 Å². The monoisotopic (exact) mass is 286 g/mol. The molecule has 1 amide bonds. The fourth-order valence-electron chi connectivity index (χ4n) is 3.17. The van der Waals surface area contributed by atoms with Crippen LogP contribution in [0.5, 0.6) is 0 Å². The van der Waals surface area contributed by atoms with Gasteiger partial charge < -0.3 is 4.74 Å².